The lowest BCUT2D eigenvalue weighted by Gasteiger charge is -2.43. The third-order valence-corrected chi connectivity index (χ3v) is 5.13. The summed E-state index contributed by atoms with van der Waals surface area (Å²) < 4.78 is 25.9. The Labute approximate surface area is 107 Å². The lowest BCUT2D eigenvalue weighted by molar-refractivity contribution is -0.0426. The highest BCUT2D eigenvalue weighted by atomic mass is 32.2. The standard InChI is InChI=1S/C12H18N2O3S/c1-8-4-10(13)11(5-9(8)2)18(16,17)14-6-12(3,15)7-14/h4-5,15H,6-7,13H2,1-3H3. The molecule has 5 nitrogen and oxygen atoms in total. The number of anilines is 1. The molecule has 0 saturated carbocycles. The summed E-state index contributed by atoms with van der Waals surface area (Å²) in [4.78, 5) is 0.126. The Morgan fingerprint density at radius 3 is 2.28 bits per heavy atom. The molecule has 1 fully saturated rings. The van der Waals surface area contributed by atoms with E-state index in [0.29, 0.717) is 0 Å². The number of nitrogens with zero attached hydrogens (tertiary/aromatic N) is 1. The first-order valence-corrected chi connectivity index (χ1v) is 7.17. The third kappa shape index (κ3) is 2.11. The summed E-state index contributed by atoms with van der Waals surface area (Å²) in [5.41, 5.74) is 6.96. The number of hydrogen-bond acceptors (Lipinski definition) is 4. The summed E-state index contributed by atoms with van der Waals surface area (Å²) in [6.07, 6.45) is 0. The van der Waals surface area contributed by atoms with Crippen LogP contribution in [0, 0.1) is 13.8 Å². The van der Waals surface area contributed by atoms with E-state index in [1.807, 2.05) is 13.8 Å². The van der Waals surface area contributed by atoms with Crippen molar-refractivity contribution >= 4 is 15.7 Å². The molecule has 0 aromatic heterocycles. The van der Waals surface area contributed by atoms with Crippen LogP contribution >= 0.6 is 0 Å². The molecule has 0 bridgehead atoms. The monoisotopic (exact) mass is 270 g/mol. The highest BCUT2D eigenvalue weighted by molar-refractivity contribution is 7.89. The molecule has 0 aliphatic carbocycles. The van der Waals surface area contributed by atoms with Gasteiger partial charge in [0, 0.05) is 13.1 Å². The molecular formula is C12H18N2O3S. The predicted octanol–water partition coefficient (Wildman–Crippen LogP) is 0.641. The number of aryl methyl sites for hydroxylation is 2. The van der Waals surface area contributed by atoms with Gasteiger partial charge in [0.05, 0.1) is 11.3 Å². The van der Waals surface area contributed by atoms with Crippen LogP contribution in [0.1, 0.15) is 18.1 Å². The van der Waals surface area contributed by atoms with Gasteiger partial charge in [-0.05, 0) is 44.0 Å². The molecule has 0 unspecified atom stereocenters. The van der Waals surface area contributed by atoms with Crippen LogP contribution < -0.4 is 5.73 Å². The van der Waals surface area contributed by atoms with E-state index < -0.39 is 15.6 Å². The molecule has 0 amide bonds. The van der Waals surface area contributed by atoms with E-state index in [2.05, 4.69) is 0 Å². The van der Waals surface area contributed by atoms with Crippen LogP contribution in [0.15, 0.2) is 17.0 Å². The highest BCUT2D eigenvalue weighted by Crippen LogP contribution is 2.31. The Hall–Kier alpha value is -1.11. The molecule has 2 rings (SSSR count). The zero-order chi connectivity index (χ0) is 13.7. The zero-order valence-electron chi connectivity index (χ0n) is 10.8. The van der Waals surface area contributed by atoms with E-state index in [4.69, 9.17) is 5.73 Å². The van der Waals surface area contributed by atoms with E-state index in [9.17, 15) is 13.5 Å². The maximum Gasteiger partial charge on any atom is 0.245 e. The van der Waals surface area contributed by atoms with Crippen LogP contribution in [0.25, 0.3) is 0 Å². The van der Waals surface area contributed by atoms with Crippen LogP contribution in [0.5, 0.6) is 0 Å². The van der Waals surface area contributed by atoms with Crippen LogP contribution in [0.3, 0.4) is 0 Å². The first-order chi connectivity index (χ1) is 8.13. The number of aliphatic hydroxyl groups is 1. The van der Waals surface area contributed by atoms with Crippen LogP contribution in [-0.2, 0) is 10.0 Å². The molecule has 18 heavy (non-hydrogen) atoms. The molecule has 1 aliphatic rings. The number of β-amino-alcohol motifs (C(OH)–C–C–N with tert-alkyl or cyclic N) is 1. The number of nitrogens with two attached hydrogens (primary N) is 1. The van der Waals surface area contributed by atoms with Gasteiger partial charge in [0.15, 0.2) is 0 Å². The molecule has 0 atom stereocenters. The van der Waals surface area contributed by atoms with Gasteiger partial charge in [0.2, 0.25) is 10.0 Å². The van der Waals surface area contributed by atoms with Crippen molar-refractivity contribution in [3.63, 3.8) is 0 Å². The van der Waals surface area contributed by atoms with Gasteiger partial charge in [0.1, 0.15) is 4.90 Å². The van der Waals surface area contributed by atoms with Crippen LogP contribution in [-0.4, -0.2) is 36.5 Å². The molecular weight excluding hydrogens is 252 g/mol. The van der Waals surface area contributed by atoms with Gasteiger partial charge in [-0.3, -0.25) is 0 Å². The van der Waals surface area contributed by atoms with Crippen molar-refractivity contribution in [2.24, 2.45) is 0 Å². The Morgan fingerprint density at radius 1 is 1.28 bits per heavy atom. The van der Waals surface area contributed by atoms with Crippen molar-refractivity contribution in [3.05, 3.63) is 23.3 Å². The fraction of sp³-hybridized carbons (Fsp3) is 0.500. The van der Waals surface area contributed by atoms with Gasteiger partial charge >= 0.3 is 0 Å². The van der Waals surface area contributed by atoms with Gasteiger partial charge < -0.3 is 10.8 Å². The number of rotatable bonds is 2. The van der Waals surface area contributed by atoms with Crippen molar-refractivity contribution in [2.45, 2.75) is 31.3 Å². The fourth-order valence-corrected chi connectivity index (χ4v) is 3.91. The van der Waals surface area contributed by atoms with E-state index in [1.165, 1.54) is 4.31 Å². The Bertz CT molecular complexity index is 586. The fourth-order valence-electron chi connectivity index (χ4n) is 2.06. The van der Waals surface area contributed by atoms with E-state index in [0.717, 1.165) is 11.1 Å². The molecule has 1 saturated heterocycles. The number of nitrogen functional groups attached to an aromatic ring is 1. The smallest absolute Gasteiger partial charge is 0.245 e. The Balaban J connectivity index is 2.40. The first-order valence-electron chi connectivity index (χ1n) is 5.73. The van der Waals surface area contributed by atoms with Crippen molar-refractivity contribution < 1.29 is 13.5 Å². The van der Waals surface area contributed by atoms with Crippen LogP contribution in [0.2, 0.25) is 0 Å². The topological polar surface area (TPSA) is 83.6 Å². The zero-order valence-corrected chi connectivity index (χ0v) is 11.6. The summed E-state index contributed by atoms with van der Waals surface area (Å²) in [5, 5.41) is 9.62. The van der Waals surface area contributed by atoms with Crippen LogP contribution in [0.4, 0.5) is 5.69 Å². The highest BCUT2D eigenvalue weighted by Gasteiger charge is 2.44. The van der Waals surface area contributed by atoms with Crippen molar-refractivity contribution in [1.29, 1.82) is 0 Å². The summed E-state index contributed by atoms with van der Waals surface area (Å²) in [6.45, 7) is 5.57. The molecule has 1 aromatic carbocycles. The van der Waals surface area contributed by atoms with E-state index in [1.54, 1.807) is 19.1 Å². The Morgan fingerprint density at radius 2 is 1.78 bits per heavy atom. The minimum Gasteiger partial charge on any atom is -0.398 e. The summed E-state index contributed by atoms with van der Waals surface area (Å²) in [7, 11) is -3.59. The molecule has 3 N–H and O–H groups in total. The second-order valence-corrected chi connectivity index (χ2v) is 7.15. The number of sulfonamides is 1. The molecule has 100 valence electrons. The van der Waals surface area contributed by atoms with Gasteiger partial charge in [-0.25, -0.2) is 8.42 Å². The lowest BCUT2D eigenvalue weighted by atomic mass is 10.0. The maximum atomic E-state index is 12.3. The summed E-state index contributed by atoms with van der Waals surface area (Å²) in [5.74, 6) is 0. The van der Waals surface area contributed by atoms with Crippen molar-refractivity contribution in [2.75, 3.05) is 18.8 Å². The second kappa shape index (κ2) is 3.94. The minimum atomic E-state index is -3.59. The number of benzene rings is 1. The summed E-state index contributed by atoms with van der Waals surface area (Å²) >= 11 is 0. The SMILES string of the molecule is Cc1cc(N)c(S(=O)(=O)N2CC(C)(O)C2)cc1C. The van der Waals surface area contributed by atoms with Gasteiger partial charge in [-0.15, -0.1) is 0 Å². The van der Waals surface area contributed by atoms with Gasteiger partial charge in [-0.2, -0.15) is 4.31 Å². The van der Waals surface area contributed by atoms with Crippen molar-refractivity contribution in [3.8, 4) is 0 Å². The summed E-state index contributed by atoms with van der Waals surface area (Å²) in [6, 6.07) is 3.26. The average Bonchev–Trinajstić information content (AvgIpc) is 2.19. The Kier molecular flexibility index (Phi) is 2.92. The van der Waals surface area contributed by atoms with Gasteiger partial charge in [0.25, 0.3) is 0 Å². The molecule has 6 heteroatoms. The normalized spacial score (nSPS) is 19.6. The first kappa shape index (κ1) is 13.3. The largest absolute Gasteiger partial charge is 0.398 e. The van der Waals surface area contributed by atoms with Gasteiger partial charge in [-0.1, -0.05) is 0 Å². The van der Waals surface area contributed by atoms with E-state index in [-0.39, 0.29) is 23.7 Å². The molecule has 1 aromatic rings. The third-order valence-electron chi connectivity index (χ3n) is 3.28. The predicted molar refractivity (Wildman–Crippen MR) is 69.7 cm³/mol. The molecule has 0 radical (unpaired) electrons. The maximum absolute atomic E-state index is 12.3. The molecule has 1 aliphatic heterocycles. The molecule has 1 heterocycles. The second-order valence-electron chi connectivity index (χ2n) is 5.24. The van der Waals surface area contributed by atoms with E-state index >= 15 is 0 Å². The quantitative estimate of drug-likeness (QED) is 0.773. The average molecular weight is 270 g/mol. The molecule has 0 spiro atoms. The lowest BCUT2D eigenvalue weighted by Crippen LogP contribution is -2.61. The minimum absolute atomic E-state index is 0.113. The van der Waals surface area contributed by atoms with Crippen molar-refractivity contribution in [1.82, 2.24) is 4.31 Å². The number of hydrogen-bond donors (Lipinski definition) is 2.